The van der Waals surface area contributed by atoms with Gasteiger partial charge in [-0.1, -0.05) is 48.5 Å². The van der Waals surface area contributed by atoms with Crippen LogP contribution in [-0.4, -0.2) is 22.4 Å². The molecule has 3 N–H and O–H groups in total. The number of hydrogen-bond acceptors (Lipinski definition) is 4. The first-order chi connectivity index (χ1) is 15.0. The van der Waals surface area contributed by atoms with Gasteiger partial charge in [-0.05, 0) is 70.8 Å². The van der Waals surface area contributed by atoms with E-state index in [4.69, 9.17) is 4.74 Å². The molecule has 0 radical (unpaired) electrons. The Labute approximate surface area is 181 Å². The van der Waals surface area contributed by atoms with Gasteiger partial charge in [-0.3, -0.25) is 0 Å². The summed E-state index contributed by atoms with van der Waals surface area (Å²) in [5.74, 6) is 1.22. The number of ether oxygens (including phenoxy) is 1. The third-order valence-electron chi connectivity index (χ3n) is 5.56. The summed E-state index contributed by atoms with van der Waals surface area (Å²) in [7, 11) is 1.64. The van der Waals surface area contributed by atoms with E-state index in [1.807, 2.05) is 60.7 Å². The molecule has 1 unspecified atom stereocenters. The van der Waals surface area contributed by atoms with Gasteiger partial charge < -0.3 is 20.1 Å². The topological polar surface area (TPSA) is 69.9 Å². The van der Waals surface area contributed by atoms with Crippen molar-refractivity contribution in [3.63, 3.8) is 0 Å². The summed E-state index contributed by atoms with van der Waals surface area (Å²) in [6, 6.07) is 29.6. The minimum atomic E-state index is -0.0980. The first kappa shape index (κ1) is 20.4. The molecule has 0 aromatic heterocycles. The predicted molar refractivity (Wildman–Crippen MR) is 121 cm³/mol. The van der Waals surface area contributed by atoms with E-state index < -0.39 is 0 Å². The molecule has 1 atom stereocenters. The summed E-state index contributed by atoms with van der Waals surface area (Å²) in [4.78, 5) is 0. The van der Waals surface area contributed by atoms with Gasteiger partial charge in [0.1, 0.15) is 23.0 Å². The number of benzene rings is 4. The fourth-order valence-electron chi connectivity index (χ4n) is 4.01. The number of phenolic OH excluding ortho intramolecular Hbond substituents is 3. The molecule has 0 heterocycles. The Morgan fingerprint density at radius 3 is 0.968 bits per heavy atom. The van der Waals surface area contributed by atoms with Crippen LogP contribution in [0, 0.1) is 0 Å². The van der Waals surface area contributed by atoms with Gasteiger partial charge in [-0.15, -0.1) is 0 Å². The van der Waals surface area contributed by atoms with Gasteiger partial charge in [0.05, 0.1) is 7.11 Å². The quantitative estimate of drug-likeness (QED) is 0.376. The molecule has 0 aliphatic carbocycles. The maximum atomic E-state index is 9.84. The zero-order valence-corrected chi connectivity index (χ0v) is 17.1. The van der Waals surface area contributed by atoms with Crippen molar-refractivity contribution in [2.75, 3.05) is 7.11 Å². The summed E-state index contributed by atoms with van der Waals surface area (Å²) in [5, 5.41) is 29.5. The summed E-state index contributed by atoms with van der Waals surface area (Å²) >= 11 is 0. The second-order valence-electron chi connectivity index (χ2n) is 7.50. The zero-order chi connectivity index (χ0) is 21.8. The molecule has 0 amide bonds. The maximum absolute atomic E-state index is 9.84. The monoisotopic (exact) mass is 412 g/mol. The summed E-state index contributed by atoms with van der Waals surface area (Å²) < 4.78 is 5.34. The van der Waals surface area contributed by atoms with Crippen LogP contribution in [0.3, 0.4) is 0 Å². The van der Waals surface area contributed by atoms with E-state index in [0.29, 0.717) is 0 Å². The average molecular weight is 412 g/mol. The highest BCUT2D eigenvalue weighted by Gasteiger charge is 2.28. The lowest BCUT2D eigenvalue weighted by Crippen LogP contribution is -2.14. The van der Waals surface area contributed by atoms with Crippen LogP contribution in [0.1, 0.15) is 34.1 Å². The van der Waals surface area contributed by atoms with Crippen LogP contribution in [0.4, 0.5) is 0 Å². The standard InChI is InChI=1S/C27H24O4/c1-31-25-16-8-21(9-17-25)27(20-6-14-24(30)15-7-20)26(18-2-10-22(28)11-3-18)19-4-12-23(29)13-5-19/h2-17,26-30H,1H3. The van der Waals surface area contributed by atoms with Gasteiger partial charge >= 0.3 is 0 Å². The normalized spacial score (nSPS) is 11.9. The van der Waals surface area contributed by atoms with Gasteiger partial charge in [0.25, 0.3) is 0 Å². The molecule has 0 saturated heterocycles. The van der Waals surface area contributed by atoms with Crippen molar-refractivity contribution in [3.05, 3.63) is 119 Å². The van der Waals surface area contributed by atoms with Crippen molar-refractivity contribution in [1.29, 1.82) is 0 Å². The average Bonchev–Trinajstić information content (AvgIpc) is 2.80. The molecule has 4 rings (SSSR count). The predicted octanol–water partition coefficient (Wildman–Crippen LogP) is 5.78. The Balaban J connectivity index is 1.92. The van der Waals surface area contributed by atoms with Crippen molar-refractivity contribution < 1.29 is 20.1 Å². The van der Waals surface area contributed by atoms with E-state index in [1.165, 1.54) is 0 Å². The molecule has 0 spiro atoms. The number of methoxy groups -OCH3 is 1. The first-order valence-electron chi connectivity index (χ1n) is 10.1. The van der Waals surface area contributed by atoms with Gasteiger partial charge in [0.2, 0.25) is 0 Å². The van der Waals surface area contributed by atoms with Crippen LogP contribution in [-0.2, 0) is 0 Å². The van der Waals surface area contributed by atoms with Crippen LogP contribution < -0.4 is 4.74 Å². The first-order valence-corrected chi connectivity index (χ1v) is 10.1. The molecule has 4 aromatic rings. The molecule has 31 heavy (non-hydrogen) atoms. The fraction of sp³-hybridized carbons (Fsp3) is 0.111. The molecule has 0 bridgehead atoms. The Hall–Kier alpha value is -3.92. The lowest BCUT2D eigenvalue weighted by molar-refractivity contribution is 0.414. The number of hydrogen-bond donors (Lipinski definition) is 3. The lowest BCUT2D eigenvalue weighted by atomic mass is 9.73. The van der Waals surface area contributed by atoms with E-state index in [9.17, 15) is 15.3 Å². The van der Waals surface area contributed by atoms with Crippen LogP contribution in [0.15, 0.2) is 97.1 Å². The molecule has 4 heteroatoms. The maximum Gasteiger partial charge on any atom is 0.118 e. The van der Waals surface area contributed by atoms with Crippen LogP contribution in [0.2, 0.25) is 0 Å². The molecule has 0 saturated carbocycles. The van der Waals surface area contributed by atoms with E-state index in [2.05, 4.69) is 0 Å². The summed E-state index contributed by atoms with van der Waals surface area (Å²) in [6.07, 6.45) is 0. The molecule has 156 valence electrons. The Kier molecular flexibility index (Phi) is 5.80. The number of phenols is 3. The van der Waals surface area contributed by atoms with Crippen LogP contribution in [0.25, 0.3) is 0 Å². The molecular weight excluding hydrogens is 388 g/mol. The minimum absolute atomic E-state index is 0.0828. The smallest absolute Gasteiger partial charge is 0.118 e. The number of rotatable bonds is 6. The Bertz CT molecular complexity index is 1070. The summed E-state index contributed by atoms with van der Waals surface area (Å²) in [6.45, 7) is 0. The molecule has 4 aromatic carbocycles. The zero-order valence-electron chi connectivity index (χ0n) is 17.1. The van der Waals surface area contributed by atoms with E-state index in [0.717, 1.165) is 28.0 Å². The van der Waals surface area contributed by atoms with E-state index in [-0.39, 0.29) is 29.1 Å². The van der Waals surface area contributed by atoms with E-state index in [1.54, 1.807) is 43.5 Å². The molecular formula is C27H24O4. The summed E-state index contributed by atoms with van der Waals surface area (Å²) in [5.41, 5.74) is 4.17. The van der Waals surface area contributed by atoms with Crippen LogP contribution in [0.5, 0.6) is 23.0 Å². The highest BCUT2D eigenvalue weighted by molar-refractivity contribution is 5.48. The van der Waals surface area contributed by atoms with Gasteiger partial charge in [0.15, 0.2) is 0 Å². The van der Waals surface area contributed by atoms with Crippen molar-refractivity contribution in [3.8, 4) is 23.0 Å². The van der Waals surface area contributed by atoms with Crippen molar-refractivity contribution >= 4 is 0 Å². The second kappa shape index (κ2) is 8.84. The second-order valence-corrected chi connectivity index (χ2v) is 7.50. The third-order valence-corrected chi connectivity index (χ3v) is 5.56. The minimum Gasteiger partial charge on any atom is -0.508 e. The Morgan fingerprint density at radius 1 is 0.452 bits per heavy atom. The molecule has 0 fully saturated rings. The Morgan fingerprint density at radius 2 is 0.710 bits per heavy atom. The number of aromatic hydroxyl groups is 3. The third kappa shape index (κ3) is 4.48. The highest BCUT2D eigenvalue weighted by Crippen LogP contribution is 2.44. The van der Waals surface area contributed by atoms with Gasteiger partial charge in [0, 0.05) is 11.8 Å². The SMILES string of the molecule is COc1ccc(C(c2ccc(O)cc2)C(c2ccc(O)cc2)c2ccc(O)cc2)cc1. The van der Waals surface area contributed by atoms with Gasteiger partial charge in [-0.25, -0.2) is 0 Å². The van der Waals surface area contributed by atoms with Gasteiger partial charge in [-0.2, -0.15) is 0 Å². The van der Waals surface area contributed by atoms with Crippen molar-refractivity contribution in [1.82, 2.24) is 0 Å². The van der Waals surface area contributed by atoms with Crippen molar-refractivity contribution in [2.24, 2.45) is 0 Å². The van der Waals surface area contributed by atoms with Crippen molar-refractivity contribution in [2.45, 2.75) is 11.8 Å². The molecule has 0 aliphatic rings. The lowest BCUT2D eigenvalue weighted by Gasteiger charge is -2.29. The van der Waals surface area contributed by atoms with E-state index >= 15 is 0 Å². The van der Waals surface area contributed by atoms with Crippen LogP contribution >= 0.6 is 0 Å². The molecule has 4 nitrogen and oxygen atoms in total. The largest absolute Gasteiger partial charge is 0.508 e. The highest BCUT2D eigenvalue weighted by atomic mass is 16.5. The fourth-order valence-corrected chi connectivity index (χ4v) is 4.01. The molecule has 0 aliphatic heterocycles.